The predicted octanol–water partition coefficient (Wildman–Crippen LogP) is 1.28. The molecule has 0 atom stereocenters. The highest BCUT2D eigenvalue weighted by atomic mass is 19.4. The van der Waals surface area contributed by atoms with E-state index in [4.69, 9.17) is 5.73 Å². The second kappa shape index (κ2) is 4.83. The van der Waals surface area contributed by atoms with Crippen LogP contribution in [0.5, 0.6) is 0 Å². The van der Waals surface area contributed by atoms with Crippen molar-refractivity contribution in [3.8, 4) is 0 Å². The number of hydrogen-bond donors (Lipinski definition) is 2. The van der Waals surface area contributed by atoms with Gasteiger partial charge in [0.2, 0.25) is 0 Å². The standard InChI is InChI=1S/C6H10F6N2/c7-5(8,9)4(6(10,11)12)3-14-2-1-13/h4,14H,1-3,13H2. The van der Waals surface area contributed by atoms with E-state index in [1.807, 2.05) is 5.32 Å². The summed E-state index contributed by atoms with van der Waals surface area (Å²) in [6.07, 6.45) is -10.6. The summed E-state index contributed by atoms with van der Waals surface area (Å²) in [6, 6.07) is 0. The zero-order valence-electron chi connectivity index (χ0n) is 7.04. The normalized spacial score (nSPS) is 13.7. The lowest BCUT2D eigenvalue weighted by Gasteiger charge is -2.22. The molecule has 0 aliphatic heterocycles. The zero-order valence-corrected chi connectivity index (χ0v) is 7.04. The van der Waals surface area contributed by atoms with E-state index in [-0.39, 0.29) is 13.1 Å². The molecular formula is C6H10F6N2. The summed E-state index contributed by atoms with van der Waals surface area (Å²) < 4.78 is 71.1. The fourth-order valence-electron chi connectivity index (χ4n) is 0.765. The van der Waals surface area contributed by atoms with Gasteiger partial charge in [0.05, 0.1) is 0 Å². The van der Waals surface area contributed by atoms with Gasteiger partial charge in [-0.2, -0.15) is 26.3 Å². The lowest BCUT2D eigenvalue weighted by atomic mass is 10.1. The minimum Gasteiger partial charge on any atom is -0.329 e. The summed E-state index contributed by atoms with van der Waals surface area (Å²) in [5.41, 5.74) is 4.91. The van der Waals surface area contributed by atoms with Gasteiger partial charge < -0.3 is 11.1 Å². The van der Waals surface area contributed by atoms with Gasteiger partial charge in [-0.25, -0.2) is 0 Å². The number of nitrogens with one attached hydrogen (secondary N) is 1. The summed E-state index contributed by atoms with van der Waals surface area (Å²) in [7, 11) is 0. The highest BCUT2D eigenvalue weighted by Gasteiger charge is 2.55. The Balaban J connectivity index is 4.28. The summed E-state index contributed by atoms with van der Waals surface area (Å²) in [6.45, 7) is -1.28. The van der Waals surface area contributed by atoms with Crippen LogP contribution in [0.4, 0.5) is 26.3 Å². The van der Waals surface area contributed by atoms with Gasteiger partial charge in [-0.1, -0.05) is 0 Å². The number of alkyl halides is 6. The van der Waals surface area contributed by atoms with E-state index in [0.29, 0.717) is 0 Å². The largest absolute Gasteiger partial charge is 0.401 e. The van der Waals surface area contributed by atoms with Crippen LogP contribution in [0, 0.1) is 5.92 Å². The first kappa shape index (κ1) is 13.5. The Kier molecular flexibility index (Phi) is 4.66. The van der Waals surface area contributed by atoms with Crippen LogP contribution in [0.2, 0.25) is 0 Å². The lowest BCUT2D eigenvalue weighted by molar-refractivity contribution is -0.281. The van der Waals surface area contributed by atoms with Crippen LogP contribution in [0.3, 0.4) is 0 Å². The van der Waals surface area contributed by atoms with Crippen molar-refractivity contribution in [2.75, 3.05) is 19.6 Å². The van der Waals surface area contributed by atoms with E-state index in [1.165, 1.54) is 0 Å². The van der Waals surface area contributed by atoms with E-state index < -0.39 is 24.8 Å². The Labute approximate surface area is 76.4 Å². The maximum Gasteiger partial charge on any atom is 0.401 e. The average Bonchev–Trinajstić information content (AvgIpc) is 1.92. The van der Waals surface area contributed by atoms with Gasteiger partial charge in [-0.05, 0) is 0 Å². The molecule has 14 heavy (non-hydrogen) atoms. The fourth-order valence-corrected chi connectivity index (χ4v) is 0.765. The molecule has 8 heteroatoms. The highest BCUT2D eigenvalue weighted by molar-refractivity contribution is 4.77. The van der Waals surface area contributed by atoms with E-state index in [2.05, 4.69) is 0 Å². The van der Waals surface area contributed by atoms with E-state index in [1.54, 1.807) is 0 Å². The first-order chi connectivity index (χ1) is 6.19. The number of halogens is 6. The Hall–Kier alpha value is -0.500. The van der Waals surface area contributed by atoms with Gasteiger partial charge >= 0.3 is 12.4 Å². The van der Waals surface area contributed by atoms with Gasteiger partial charge in [0, 0.05) is 19.6 Å². The summed E-state index contributed by atoms with van der Waals surface area (Å²) in [5.74, 6) is -3.33. The fraction of sp³-hybridized carbons (Fsp3) is 1.00. The molecule has 0 rings (SSSR count). The second-order valence-electron chi connectivity index (χ2n) is 2.63. The minimum atomic E-state index is -5.28. The Bertz CT molecular complexity index is 149. The van der Waals surface area contributed by atoms with Crippen molar-refractivity contribution in [1.82, 2.24) is 5.32 Å². The molecule has 86 valence electrons. The summed E-state index contributed by atoms with van der Waals surface area (Å²) in [4.78, 5) is 0. The van der Waals surface area contributed by atoms with Gasteiger partial charge in [0.15, 0.2) is 5.92 Å². The van der Waals surface area contributed by atoms with Crippen molar-refractivity contribution < 1.29 is 26.3 Å². The van der Waals surface area contributed by atoms with Crippen molar-refractivity contribution in [3.05, 3.63) is 0 Å². The minimum absolute atomic E-state index is 0.0115. The van der Waals surface area contributed by atoms with Gasteiger partial charge in [0.25, 0.3) is 0 Å². The number of nitrogens with two attached hydrogens (primary N) is 1. The maximum atomic E-state index is 11.9. The summed E-state index contributed by atoms with van der Waals surface area (Å²) >= 11 is 0. The van der Waals surface area contributed by atoms with Gasteiger partial charge in [-0.15, -0.1) is 0 Å². The molecule has 0 unspecified atom stereocenters. The SMILES string of the molecule is NCCNCC(C(F)(F)F)C(F)(F)F. The first-order valence-corrected chi connectivity index (χ1v) is 3.73. The van der Waals surface area contributed by atoms with Crippen LogP contribution in [-0.2, 0) is 0 Å². The Morgan fingerprint density at radius 2 is 1.43 bits per heavy atom. The first-order valence-electron chi connectivity index (χ1n) is 3.73. The lowest BCUT2D eigenvalue weighted by Crippen LogP contribution is -2.44. The third-order valence-corrected chi connectivity index (χ3v) is 1.46. The molecule has 0 fully saturated rings. The van der Waals surface area contributed by atoms with Crippen LogP contribution in [-0.4, -0.2) is 32.0 Å². The van der Waals surface area contributed by atoms with Crippen molar-refractivity contribution in [3.63, 3.8) is 0 Å². The van der Waals surface area contributed by atoms with Crippen LogP contribution in [0.1, 0.15) is 0 Å². The Morgan fingerprint density at radius 1 is 1.00 bits per heavy atom. The third kappa shape index (κ3) is 4.66. The van der Waals surface area contributed by atoms with Crippen molar-refractivity contribution in [2.24, 2.45) is 11.7 Å². The molecule has 0 saturated carbocycles. The highest BCUT2D eigenvalue weighted by Crippen LogP contribution is 2.38. The zero-order chi connectivity index (χ0) is 11.4. The molecule has 0 radical (unpaired) electrons. The van der Waals surface area contributed by atoms with Crippen LogP contribution in [0.15, 0.2) is 0 Å². The molecule has 0 aromatic rings. The van der Waals surface area contributed by atoms with Crippen LogP contribution < -0.4 is 11.1 Å². The second-order valence-corrected chi connectivity index (χ2v) is 2.63. The molecule has 0 aromatic heterocycles. The van der Waals surface area contributed by atoms with Gasteiger partial charge in [-0.3, -0.25) is 0 Å². The molecule has 0 bridgehead atoms. The maximum absolute atomic E-state index is 11.9. The monoisotopic (exact) mass is 224 g/mol. The smallest absolute Gasteiger partial charge is 0.329 e. The molecule has 0 amide bonds. The van der Waals surface area contributed by atoms with E-state index in [0.717, 1.165) is 0 Å². The quantitative estimate of drug-likeness (QED) is 0.557. The third-order valence-electron chi connectivity index (χ3n) is 1.46. The van der Waals surface area contributed by atoms with Crippen molar-refractivity contribution >= 4 is 0 Å². The van der Waals surface area contributed by atoms with Gasteiger partial charge in [0.1, 0.15) is 0 Å². The predicted molar refractivity (Wildman–Crippen MR) is 37.5 cm³/mol. The Morgan fingerprint density at radius 3 is 1.71 bits per heavy atom. The van der Waals surface area contributed by atoms with Crippen LogP contribution in [0.25, 0.3) is 0 Å². The number of hydrogen-bond acceptors (Lipinski definition) is 2. The van der Waals surface area contributed by atoms with Crippen molar-refractivity contribution in [2.45, 2.75) is 12.4 Å². The average molecular weight is 224 g/mol. The topological polar surface area (TPSA) is 38.0 Å². The summed E-state index contributed by atoms with van der Waals surface area (Å²) in [5, 5.41) is 1.98. The molecular weight excluding hydrogens is 214 g/mol. The molecule has 0 aliphatic carbocycles. The molecule has 0 spiro atoms. The molecule has 3 N–H and O–H groups in total. The number of rotatable bonds is 4. The molecule has 0 saturated heterocycles. The molecule has 0 heterocycles. The molecule has 0 aromatic carbocycles. The van der Waals surface area contributed by atoms with Crippen molar-refractivity contribution in [1.29, 1.82) is 0 Å². The van der Waals surface area contributed by atoms with E-state index in [9.17, 15) is 26.3 Å². The molecule has 0 aliphatic rings. The molecule has 2 nitrogen and oxygen atoms in total. The van der Waals surface area contributed by atoms with E-state index >= 15 is 0 Å². The van der Waals surface area contributed by atoms with Crippen LogP contribution >= 0.6 is 0 Å².